The molecular weight excluding hydrogens is 581 g/mol. The largest absolute Gasteiger partial charge is 0.352 e. The van der Waals surface area contributed by atoms with Gasteiger partial charge in [-0.2, -0.15) is 0 Å². The minimum Gasteiger partial charge on any atom is -0.352 e. The van der Waals surface area contributed by atoms with Gasteiger partial charge in [-0.05, 0) is 69.7 Å². The first kappa shape index (κ1) is 30.8. The zero-order chi connectivity index (χ0) is 28.9. The number of rotatable bonds is 10. The van der Waals surface area contributed by atoms with E-state index in [0.717, 1.165) is 9.87 Å². The second-order valence-corrected chi connectivity index (χ2v) is 12.5. The van der Waals surface area contributed by atoms with Gasteiger partial charge in [0.05, 0.1) is 20.6 Å². The molecule has 11 heteroatoms. The van der Waals surface area contributed by atoms with Gasteiger partial charge in [-0.25, -0.2) is 8.42 Å². The fourth-order valence-corrected chi connectivity index (χ4v) is 5.94. The number of hydrogen-bond acceptors (Lipinski definition) is 4. The Bertz CT molecular complexity index is 1450. The predicted octanol–water partition coefficient (Wildman–Crippen LogP) is 6.09. The first-order valence-electron chi connectivity index (χ1n) is 12.2. The maximum absolute atomic E-state index is 13.9. The third kappa shape index (κ3) is 7.66. The van der Waals surface area contributed by atoms with Crippen molar-refractivity contribution in [3.05, 3.63) is 92.9 Å². The van der Waals surface area contributed by atoms with E-state index in [-0.39, 0.29) is 39.1 Å². The van der Waals surface area contributed by atoms with Crippen LogP contribution < -0.4 is 9.62 Å². The lowest BCUT2D eigenvalue weighted by atomic mass is 10.1. The summed E-state index contributed by atoms with van der Waals surface area (Å²) in [5.41, 5.74) is 1.59. The fourth-order valence-electron chi connectivity index (χ4n) is 3.86. The van der Waals surface area contributed by atoms with Gasteiger partial charge in [0.1, 0.15) is 12.6 Å². The molecule has 1 atom stereocenters. The van der Waals surface area contributed by atoms with E-state index in [4.69, 9.17) is 34.8 Å². The number of carbonyl (C=O) groups excluding carboxylic acids is 2. The van der Waals surface area contributed by atoms with E-state index >= 15 is 0 Å². The van der Waals surface area contributed by atoms with E-state index in [1.54, 1.807) is 49.4 Å². The number of benzene rings is 3. The number of nitrogens with zero attached hydrogens (tertiary/aromatic N) is 2. The Hall–Kier alpha value is -2.78. The van der Waals surface area contributed by atoms with Crippen LogP contribution in [0.15, 0.2) is 71.6 Å². The highest BCUT2D eigenvalue weighted by Gasteiger charge is 2.33. The maximum atomic E-state index is 13.9. The summed E-state index contributed by atoms with van der Waals surface area (Å²) in [6, 6.07) is 16.6. The quantitative estimate of drug-likeness (QED) is 0.301. The first-order valence-corrected chi connectivity index (χ1v) is 14.8. The number of anilines is 1. The SMILES string of the molecule is Cc1ccc(S(=O)(=O)N(CC(=O)N(Cc2cccc(Cl)c2)[C@@H](C)C(=O)NC(C)C)c2cccc(Cl)c2Cl)cc1. The summed E-state index contributed by atoms with van der Waals surface area (Å²) in [6.45, 7) is 6.44. The van der Waals surface area contributed by atoms with Gasteiger partial charge < -0.3 is 10.2 Å². The molecule has 1 N–H and O–H groups in total. The predicted molar refractivity (Wildman–Crippen MR) is 157 cm³/mol. The van der Waals surface area contributed by atoms with Crippen molar-refractivity contribution in [2.24, 2.45) is 0 Å². The van der Waals surface area contributed by atoms with Crippen LogP contribution in [0.4, 0.5) is 5.69 Å². The van der Waals surface area contributed by atoms with Crippen molar-refractivity contribution in [2.45, 2.75) is 51.2 Å². The zero-order valence-corrected chi connectivity index (χ0v) is 25.1. The van der Waals surface area contributed by atoms with Crippen LogP contribution in [0.3, 0.4) is 0 Å². The Morgan fingerprint density at radius 3 is 2.18 bits per heavy atom. The van der Waals surface area contributed by atoms with Crippen LogP contribution in [0, 0.1) is 6.92 Å². The smallest absolute Gasteiger partial charge is 0.264 e. The number of halogens is 3. The highest BCUT2D eigenvalue weighted by molar-refractivity contribution is 7.92. The second-order valence-electron chi connectivity index (χ2n) is 9.39. The number of hydrogen-bond donors (Lipinski definition) is 1. The number of amides is 2. The van der Waals surface area contributed by atoms with Crippen LogP contribution in [0.25, 0.3) is 0 Å². The molecule has 7 nitrogen and oxygen atoms in total. The molecule has 0 saturated carbocycles. The molecule has 0 spiro atoms. The Morgan fingerprint density at radius 1 is 0.923 bits per heavy atom. The lowest BCUT2D eigenvalue weighted by molar-refractivity contribution is -0.139. The maximum Gasteiger partial charge on any atom is 0.264 e. The Labute approximate surface area is 244 Å². The van der Waals surface area contributed by atoms with Gasteiger partial charge in [-0.15, -0.1) is 0 Å². The summed E-state index contributed by atoms with van der Waals surface area (Å²) in [5.74, 6) is -0.998. The van der Waals surface area contributed by atoms with E-state index in [1.165, 1.54) is 29.2 Å². The molecule has 0 aliphatic rings. The van der Waals surface area contributed by atoms with E-state index in [1.807, 2.05) is 20.8 Å². The molecule has 0 fully saturated rings. The summed E-state index contributed by atoms with van der Waals surface area (Å²) in [6.07, 6.45) is 0. The molecule has 3 aromatic carbocycles. The van der Waals surface area contributed by atoms with Crippen molar-refractivity contribution >= 4 is 62.3 Å². The molecule has 0 saturated heterocycles. The van der Waals surface area contributed by atoms with Crippen molar-refractivity contribution < 1.29 is 18.0 Å². The summed E-state index contributed by atoms with van der Waals surface area (Å²) in [5, 5.41) is 3.39. The molecule has 0 unspecified atom stereocenters. The number of aryl methyl sites for hydroxylation is 1. The summed E-state index contributed by atoms with van der Waals surface area (Å²) >= 11 is 18.8. The molecule has 0 aliphatic heterocycles. The second kappa shape index (κ2) is 13.0. The number of carbonyl (C=O) groups is 2. The molecule has 3 rings (SSSR count). The van der Waals surface area contributed by atoms with E-state index < -0.39 is 28.5 Å². The third-order valence-electron chi connectivity index (χ3n) is 5.93. The lowest BCUT2D eigenvalue weighted by Crippen LogP contribution is -2.52. The fraction of sp³-hybridized carbons (Fsp3) is 0.286. The molecule has 39 heavy (non-hydrogen) atoms. The van der Waals surface area contributed by atoms with Crippen molar-refractivity contribution in [1.29, 1.82) is 0 Å². The van der Waals surface area contributed by atoms with Crippen LogP contribution >= 0.6 is 34.8 Å². The van der Waals surface area contributed by atoms with Gasteiger partial charge in [-0.3, -0.25) is 13.9 Å². The third-order valence-corrected chi connectivity index (χ3v) is 8.75. The van der Waals surface area contributed by atoms with Crippen molar-refractivity contribution in [1.82, 2.24) is 10.2 Å². The summed E-state index contributed by atoms with van der Waals surface area (Å²) < 4.78 is 28.7. The lowest BCUT2D eigenvalue weighted by Gasteiger charge is -2.32. The first-order chi connectivity index (χ1) is 18.3. The van der Waals surface area contributed by atoms with E-state index in [9.17, 15) is 18.0 Å². The van der Waals surface area contributed by atoms with Crippen molar-refractivity contribution in [2.75, 3.05) is 10.8 Å². The summed E-state index contributed by atoms with van der Waals surface area (Å²) in [7, 11) is -4.26. The molecule has 0 radical (unpaired) electrons. The van der Waals surface area contributed by atoms with E-state index in [2.05, 4.69) is 5.32 Å². The normalized spacial score (nSPS) is 12.2. The average molecular weight is 611 g/mol. The minimum atomic E-state index is -4.26. The molecule has 208 valence electrons. The van der Waals surface area contributed by atoms with E-state index in [0.29, 0.717) is 10.6 Å². The highest BCUT2D eigenvalue weighted by Crippen LogP contribution is 2.35. The van der Waals surface area contributed by atoms with Crippen LogP contribution in [-0.2, 0) is 26.2 Å². The van der Waals surface area contributed by atoms with Crippen molar-refractivity contribution in [3.8, 4) is 0 Å². The van der Waals surface area contributed by atoms with Crippen LogP contribution in [-0.4, -0.2) is 43.8 Å². The van der Waals surface area contributed by atoms with Gasteiger partial charge in [0.2, 0.25) is 11.8 Å². The molecule has 0 aliphatic carbocycles. The number of sulfonamides is 1. The monoisotopic (exact) mass is 609 g/mol. The van der Waals surface area contributed by atoms with Crippen LogP contribution in [0.5, 0.6) is 0 Å². The van der Waals surface area contributed by atoms with Gasteiger partial charge in [0.25, 0.3) is 10.0 Å². The highest BCUT2D eigenvalue weighted by atomic mass is 35.5. The molecule has 3 aromatic rings. The molecule has 0 bridgehead atoms. The Kier molecular flexibility index (Phi) is 10.3. The average Bonchev–Trinajstić information content (AvgIpc) is 2.87. The molecule has 0 aromatic heterocycles. The Morgan fingerprint density at radius 2 is 1.56 bits per heavy atom. The van der Waals surface area contributed by atoms with Crippen LogP contribution in [0.2, 0.25) is 15.1 Å². The summed E-state index contributed by atoms with van der Waals surface area (Å²) in [4.78, 5) is 28.2. The standard InChI is InChI=1S/C28H30Cl3N3O4S/c1-18(2)32-28(36)20(4)33(16-21-7-5-8-22(29)15-21)26(35)17-34(25-10-6-9-24(30)27(25)31)39(37,38)23-13-11-19(3)12-14-23/h5-15,18,20H,16-17H2,1-4H3,(H,32,36)/t20-/m0/s1. The topological polar surface area (TPSA) is 86.8 Å². The van der Waals surface area contributed by atoms with Gasteiger partial charge in [0, 0.05) is 17.6 Å². The van der Waals surface area contributed by atoms with Crippen LogP contribution in [0.1, 0.15) is 31.9 Å². The minimum absolute atomic E-state index is 0.0188. The molecule has 2 amide bonds. The zero-order valence-electron chi connectivity index (χ0n) is 22.0. The van der Waals surface area contributed by atoms with Gasteiger partial charge in [0.15, 0.2) is 0 Å². The molecular formula is C28H30Cl3N3O4S. The Balaban J connectivity index is 2.08. The van der Waals surface area contributed by atoms with Gasteiger partial charge in [-0.1, -0.05) is 70.7 Å². The van der Waals surface area contributed by atoms with Crippen molar-refractivity contribution in [3.63, 3.8) is 0 Å². The number of nitrogens with one attached hydrogen (secondary N) is 1. The van der Waals surface area contributed by atoms with Gasteiger partial charge >= 0.3 is 0 Å². The molecule has 0 heterocycles.